The average molecular weight is 294 g/mol. The Morgan fingerprint density at radius 2 is 1.67 bits per heavy atom. The third kappa shape index (κ3) is 2.74. The zero-order valence-corrected chi connectivity index (χ0v) is 11.0. The lowest BCUT2D eigenvalue weighted by atomic mass is 9.94. The molecular formula is C16H13F3O2. The van der Waals surface area contributed by atoms with Crippen LogP contribution in [0.1, 0.15) is 35.3 Å². The molecule has 2 aromatic carbocycles. The van der Waals surface area contributed by atoms with Crippen molar-refractivity contribution in [1.29, 1.82) is 0 Å². The molecule has 1 aliphatic heterocycles. The highest BCUT2D eigenvalue weighted by Crippen LogP contribution is 2.41. The molecule has 0 amide bonds. The Morgan fingerprint density at radius 3 is 2.33 bits per heavy atom. The maximum Gasteiger partial charge on any atom is 0.416 e. The summed E-state index contributed by atoms with van der Waals surface area (Å²) in [6.45, 7) is 0. The summed E-state index contributed by atoms with van der Waals surface area (Å²) in [5.74, 6) is 0.571. The van der Waals surface area contributed by atoms with Gasteiger partial charge < -0.3 is 9.84 Å². The van der Waals surface area contributed by atoms with Crippen LogP contribution in [0.15, 0.2) is 48.5 Å². The van der Waals surface area contributed by atoms with Gasteiger partial charge in [0.1, 0.15) is 11.9 Å². The zero-order chi connectivity index (χ0) is 15.0. The number of para-hydroxylation sites is 1. The van der Waals surface area contributed by atoms with E-state index in [2.05, 4.69) is 0 Å². The first-order chi connectivity index (χ1) is 9.95. The van der Waals surface area contributed by atoms with E-state index in [1.54, 1.807) is 18.2 Å². The van der Waals surface area contributed by atoms with Gasteiger partial charge in [0, 0.05) is 12.0 Å². The summed E-state index contributed by atoms with van der Waals surface area (Å²) in [7, 11) is 0. The molecule has 0 spiro atoms. The second-order valence-corrected chi connectivity index (χ2v) is 5.02. The maximum atomic E-state index is 12.5. The first kappa shape index (κ1) is 13.9. The lowest BCUT2D eigenvalue weighted by Crippen LogP contribution is -2.19. The molecule has 2 nitrogen and oxygen atoms in total. The largest absolute Gasteiger partial charge is 0.485 e. The van der Waals surface area contributed by atoms with Gasteiger partial charge in [0.2, 0.25) is 0 Å². The molecule has 0 fully saturated rings. The monoisotopic (exact) mass is 294 g/mol. The van der Waals surface area contributed by atoms with Crippen LogP contribution in [0.4, 0.5) is 13.2 Å². The molecule has 110 valence electrons. The van der Waals surface area contributed by atoms with Gasteiger partial charge in [-0.3, -0.25) is 0 Å². The number of benzene rings is 2. The summed E-state index contributed by atoms with van der Waals surface area (Å²) in [6.07, 6.45) is -5.15. The first-order valence-corrected chi connectivity index (χ1v) is 6.56. The van der Waals surface area contributed by atoms with Crippen LogP contribution in [0.3, 0.4) is 0 Å². The predicted octanol–water partition coefficient (Wildman–Crippen LogP) is 4.26. The van der Waals surface area contributed by atoms with Crippen LogP contribution in [-0.4, -0.2) is 5.11 Å². The van der Waals surface area contributed by atoms with Crippen LogP contribution >= 0.6 is 0 Å². The number of fused-ring (bicyclic) bond motifs is 1. The normalized spacial score (nSPS) is 21.5. The van der Waals surface area contributed by atoms with Crippen LogP contribution in [0, 0.1) is 0 Å². The third-order valence-corrected chi connectivity index (χ3v) is 3.59. The van der Waals surface area contributed by atoms with E-state index in [4.69, 9.17) is 4.74 Å². The van der Waals surface area contributed by atoms with E-state index in [9.17, 15) is 18.3 Å². The zero-order valence-electron chi connectivity index (χ0n) is 11.0. The molecule has 5 heteroatoms. The molecule has 0 saturated carbocycles. The van der Waals surface area contributed by atoms with Gasteiger partial charge in [0.25, 0.3) is 0 Å². The van der Waals surface area contributed by atoms with E-state index in [0.717, 1.165) is 12.1 Å². The molecular weight excluding hydrogens is 281 g/mol. The van der Waals surface area contributed by atoms with Gasteiger partial charge >= 0.3 is 6.18 Å². The molecule has 2 aromatic rings. The van der Waals surface area contributed by atoms with Gasteiger partial charge in [0.05, 0.1) is 11.7 Å². The van der Waals surface area contributed by atoms with Crippen molar-refractivity contribution in [3.8, 4) is 5.75 Å². The second kappa shape index (κ2) is 5.07. The van der Waals surface area contributed by atoms with Crippen LogP contribution in [-0.2, 0) is 6.18 Å². The van der Waals surface area contributed by atoms with Crippen LogP contribution in [0.2, 0.25) is 0 Å². The van der Waals surface area contributed by atoms with E-state index in [1.165, 1.54) is 12.1 Å². The molecule has 2 atom stereocenters. The summed E-state index contributed by atoms with van der Waals surface area (Å²) < 4.78 is 43.4. The molecule has 1 unspecified atom stereocenters. The molecule has 0 aromatic heterocycles. The lowest BCUT2D eigenvalue weighted by Gasteiger charge is -2.30. The molecule has 1 N–H and O–H groups in total. The molecule has 0 saturated heterocycles. The van der Waals surface area contributed by atoms with Crippen molar-refractivity contribution in [3.05, 3.63) is 65.2 Å². The molecule has 0 radical (unpaired) electrons. The molecule has 3 rings (SSSR count). The van der Waals surface area contributed by atoms with Crippen molar-refractivity contribution < 1.29 is 23.0 Å². The van der Waals surface area contributed by atoms with Gasteiger partial charge in [0.15, 0.2) is 0 Å². The van der Waals surface area contributed by atoms with E-state index in [0.29, 0.717) is 23.3 Å². The number of hydrogen-bond acceptors (Lipinski definition) is 2. The van der Waals surface area contributed by atoms with Crippen molar-refractivity contribution in [2.45, 2.75) is 24.8 Å². The van der Waals surface area contributed by atoms with E-state index >= 15 is 0 Å². The smallest absolute Gasteiger partial charge is 0.416 e. The van der Waals surface area contributed by atoms with Crippen molar-refractivity contribution in [2.24, 2.45) is 0 Å². The van der Waals surface area contributed by atoms with E-state index < -0.39 is 23.9 Å². The quantitative estimate of drug-likeness (QED) is 0.851. The van der Waals surface area contributed by atoms with Crippen molar-refractivity contribution in [3.63, 3.8) is 0 Å². The summed E-state index contributed by atoms with van der Waals surface area (Å²) in [5, 5.41) is 10.1. The minimum atomic E-state index is -4.35. The van der Waals surface area contributed by atoms with Crippen LogP contribution in [0.5, 0.6) is 5.75 Å². The number of halogens is 3. The topological polar surface area (TPSA) is 29.5 Å². The molecule has 1 heterocycles. The number of hydrogen-bond donors (Lipinski definition) is 1. The van der Waals surface area contributed by atoms with Crippen molar-refractivity contribution in [1.82, 2.24) is 0 Å². The number of ether oxygens (including phenoxy) is 1. The van der Waals surface area contributed by atoms with Crippen molar-refractivity contribution >= 4 is 0 Å². The highest BCUT2D eigenvalue weighted by atomic mass is 19.4. The van der Waals surface area contributed by atoms with Gasteiger partial charge in [-0.1, -0.05) is 30.3 Å². The number of aliphatic hydroxyl groups is 1. The first-order valence-electron chi connectivity index (χ1n) is 6.56. The predicted molar refractivity (Wildman–Crippen MR) is 70.8 cm³/mol. The van der Waals surface area contributed by atoms with Crippen LogP contribution in [0.25, 0.3) is 0 Å². The van der Waals surface area contributed by atoms with E-state index in [1.807, 2.05) is 6.07 Å². The standard InChI is InChI=1S/C16H13F3O2/c17-16(18,19)11-7-5-10(6-8-11)15-9-13(20)12-3-1-2-4-14(12)21-15/h1-8,13,15,20H,9H2/t13-,15?/m0/s1. The molecule has 0 bridgehead atoms. The number of alkyl halides is 3. The highest BCUT2D eigenvalue weighted by molar-refractivity contribution is 5.38. The minimum absolute atomic E-state index is 0.322. The van der Waals surface area contributed by atoms with E-state index in [-0.39, 0.29) is 0 Å². The third-order valence-electron chi connectivity index (χ3n) is 3.59. The fraction of sp³-hybridized carbons (Fsp3) is 0.250. The highest BCUT2D eigenvalue weighted by Gasteiger charge is 2.31. The number of rotatable bonds is 1. The Morgan fingerprint density at radius 1 is 1.00 bits per heavy atom. The Labute approximate surface area is 119 Å². The van der Waals surface area contributed by atoms with Gasteiger partial charge in [-0.05, 0) is 23.8 Å². The Kier molecular flexibility index (Phi) is 3.37. The Hall–Kier alpha value is -2.01. The fourth-order valence-corrected chi connectivity index (χ4v) is 2.49. The van der Waals surface area contributed by atoms with Gasteiger partial charge in [-0.2, -0.15) is 13.2 Å². The van der Waals surface area contributed by atoms with Crippen LogP contribution < -0.4 is 4.74 Å². The molecule has 1 aliphatic rings. The van der Waals surface area contributed by atoms with Crippen molar-refractivity contribution in [2.75, 3.05) is 0 Å². The maximum absolute atomic E-state index is 12.5. The molecule has 21 heavy (non-hydrogen) atoms. The second-order valence-electron chi connectivity index (χ2n) is 5.02. The Bertz CT molecular complexity index is 635. The lowest BCUT2D eigenvalue weighted by molar-refractivity contribution is -0.137. The summed E-state index contributed by atoms with van der Waals surface area (Å²) >= 11 is 0. The average Bonchev–Trinajstić information content (AvgIpc) is 2.46. The van der Waals surface area contributed by atoms with Gasteiger partial charge in [-0.25, -0.2) is 0 Å². The summed E-state index contributed by atoms with van der Waals surface area (Å²) in [6, 6.07) is 12.0. The SMILES string of the molecule is O[C@H]1CC(c2ccc(C(F)(F)F)cc2)Oc2ccccc21. The summed E-state index contributed by atoms with van der Waals surface area (Å²) in [4.78, 5) is 0. The fourth-order valence-electron chi connectivity index (χ4n) is 2.49. The Balaban J connectivity index is 1.86. The van der Waals surface area contributed by atoms with Gasteiger partial charge in [-0.15, -0.1) is 0 Å². The minimum Gasteiger partial charge on any atom is -0.485 e. The molecule has 0 aliphatic carbocycles. The number of aliphatic hydroxyl groups excluding tert-OH is 1. The summed E-state index contributed by atoms with van der Waals surface area (Å²) in [5.41, 5.74) is 0.639.